The lowest BCUT2D eigenvalue weighted by molar-refractivity contribution is -0.140. The number of carbonyl (C=O) groups excluding carboxylic acids is 2. The Balaban J connectivity index is 1.80. The normalized spacial score (nSPS) is 12.0. The van der Waals surface area contributed by atoms with Crippen LogP contribution in [0.15, 0.2) is 108 Å². The molecule has 4 aromatic carbocycles. The molecule has 0 saturated heterocycles. The zero-order chi connectivity index (χ0) is 32.6. The fraction of sp³-hybridized carbons (Fsp3) is 0.235. The Kier molecular flexibility index (Phi) is 11.5. The van der Waals surface area contributed by atoms with Gasteiger partial charge < -0.3 is 15.0 Å². The summed E-state index contributed by atoms with van der Waals surface area (Å²) in [6.07, 6.45) is 0.197. The highest BCUT2D eigenvalue weighted by atomic mass is 35.5. The number of amides is 2. The van der Waals surface area contributed by atoms with Crippen LogP contribution in [-0.4, -0.2) is 50.9 Å². The number of para-hydroxylation sites is 1. The van der Waals surface area contributed by atoms with E-state index in [1.807, 2.05) is 44.2 Å². The molecule has 1 N–H and O–H groups in total. The third-order valence-corrected chi connectivity index (χ3v) is 9.54. The molecule has 0 saturated carbocycles. The second kappa shape index (κ2) is 15.3. The summed E-state index contributed by atoms with van der Waals surface area (Å²) in [7, 11) is -2.74. The molecule has 0 aromatic heterocycles. The molecule has 8 nitrogen and oxygen atoms in total. The third-order valence-electron chi connectivity index (χ3n) is 7.01. The molecule has 0 aliphatic carbocycles. The molecule has 1 atom stereocenters. The van der Waals surface area contributed by atoms with Crippen LogP contribution in [0.3, 0.4) is 0 Å². The zero-order valence-corrected chi connectivity index (χ0v) is 27.5. The van der Waals surface area contributed by atoms with Crippen LogP contribution in [0, 0.1) is 0 Å². The number of rotatable bonds is 13. The van der Waals surface area contributed by atoms with Crippen molar-refractivity contribution >= 4 is 50.7 Å². The molecule has 4 aromatic rings. The summed E-state index contributed by atoms with van der Waals surface area (Å²) >= 11 is 12.5. The molecule has 2 amide bonds. The number of hydrogen-bond donors (Lipinski definition) is 1. The van der Waals surface area contributed by atoms with Crippen LogP contribution in [0.4, 0.5) is 5.69 Å². The van der Waals surface area contributed by atoms with Crippen LogP contribution < -0.4 is 14.4 Å². The van der Waals surface area contributed by atoms with Crippen molar-refractivity contribution in [1.82, 2.24) is 10.2 Å². The number of benzene rings is 4. The first kappa shape index (κ1) is 33.8. The Morgan fingerprint density at radius 3 is 2.02 bits per heavy atom. The Morgan fingerprint density at radius 1 is 0.822 bits per heavy atom. The van der Waals surface area contributed by atoms with Crippen LogP contribution in [0.5, 0.6) is 5.75 Å². The molecule has 0 unspecified atom stereocenters. The predicted molar refractivity (Wildman–Crippen MR) is 178 cm³/mol. The minimum Gasteiger partial charge on any atom is -0.497 e. The van der Waals surface area contributed by atoms with E-state index >= 15 is 0 Å². The van der Waals surface area contributed by atoms with E-state index in [1.54, 1.807) is 60.7 Å². The van der Waals surface area contributed by atoms with Gasteiger partial charge in [0.2, 0.25) is 11.8 Å². The van der Waals surface area contributed by atoms with Crippen molar-refractivity contribution in [2.45, 2.75) is 43.8 Å². The van der Waals surface area contributed by atoms with Crippen LogP contribution in [-0.2, 0) is 32.6 Å². The third kappa shape index (κ3) is 8.78. The predicted octanol–water partition coefficient (Wildman–Crippen LogP) is 6.36. The first-order valence-corrected chi connectivity index (χ1v) is 16.5. The highest BCUT2D eigenvalue weighted by molar-refractivity contribution is 7.92. The topological polar surface area (TPSA) is 96.0 Å². The fourth-order valence-corrected chi connectivity index (χ4v) is 6.50. The molecule has 0 spiro atoms. The summed E-state index contributed by atoms with van der Waals surface area (Å²) in [5, 5.41) is 3.57. The summed E-state index contributed by atoms with van der Waals surface area (Å²) in [6, 6.07) is 27.4. The Morgan fingerprint density at radius 2 is 1.44 bits per heavy atom. The van der Waals surface area contributed by atoms with E-state index in [1.165, 1.54) is 24.1 Å². The smallest absolute Gasteiger partial charge is 0.264 e. The SMILES string of the molecule is COc1ccc(S(=O)(=O)N(CC(=O)N(Cc2ccc(Cl)c(Cl)c2)[C@H](Cc2ccccc2)C(=O)NC(C)C)c2ccccc2)cc1. The van der Waals surface area contributed by atoms with Crippen LogP contribution in [0.1, 0.15) is 25.0 Å². The van der Waals surface area contributed by atoms with Crippen molar-refractivity contribution in [3.05, 3.63) is 124 Å². The number of hydrogen-bond acceptors (Lipinski definition) is 5. The lowest BCUT2D eigenvalue weighted by Crippen LogP contribution is -2.54. The van der Waals surface area contributed by atoms with Crippen LogP contribution >= 0.6 is 23.2 Å². The van der Waals surface area contributed by atoms with Crippen molar-refractivity contribution in [3.63, 3.8) is 0 Å². The number of nitrogens with one attached hydrogen (secondary N) is 1. The summed E-state index contributed by atoms with van der Waals surface area (Å²) in [4.78, 5) is 29.6. The number of carbonyl (C=O) groups is 2. The number of nitrogens with zero attached hydrogens (tertiary/aromatic N) is 2. The fourth-order valence-electron chi connectivity index (χ4n) is 4.77. The molecule has 0 fully saturated rings. The van der Waals surface area contributed by atoms with Gasteiger partial charge in [-0.1, -0.05) is 77.8 Å². The van der Waals surface area contributed by atoms with Gasteiger partial charge in [0.05, 0.1) is 27.7 Å². The summed E-state index contributed by atoms with van der Waals surface area (Å²) in [5.74, 6) is -0.461. The van der Waals surface area contributed by atoms with E-state index in [4.69, 9.17) is 27.9 Å². The van der Waals surface area contributed by atoms with Gasteiger partial charge in [-0.2, -0.15) is 0 Å². The summed E-state index contributed by atoms with van der Waals surface area (Å²) in [6.45, 7) is 3.08. The van der Waals surface area contributed by atoms with Crippen molar-refractivity contribution in [3.8, 4) is 5.75 Å². The number of methoxy groups -OCH3 is 1. The molecule has 45 heavy (non-hydrogen) atoms. The lowest BCUT2D eigenvalue weighted by atomic mass is 10.0. The maximum atomic E-state index is 14.4. The monoisotopic (exact) mass is 667 g/mol. The second-order valence-corrected chi connectivity index (χ2v) is 13.3. The van der Waals surface area contributed by atoms with Crippen molar-refractivity contribution in [2.75, 3.05) is 18.0 Å². The molecule has 4 rings (SSSR count). The van der Waals surface area contributed by atoms with Gasteiger partial charge in [-0.05, 0) is 73.5 Å². The van der Waals surface area contributed by atoms with Gasteiger partial charge in [0.1, 0.15) is 18.3 Å². The van der Waals surface area contributed by atoms with E-state index in [0.717, 1.165) is 9.87 Å². The van der Waals surface area contributed by atoms with E-state index in [0.29, 0.717) is 27.0 Å². The van der Waals surface area contributed by atoms with Crippen LogP contribution in [0.25, 0.3) is 0 Å². The number of halogens is 2. The molecular weight excluding hydrogens is 633 g/mol. The van der Waals surface area contributed by atoms with Gasteiger partial charge in [-0.3, -0.25) is 13.9 Å². The Labute approximate surface area is 274 Å². The molecular formula is C34H35Cl2N3O5S. The molecule has 0 aliphatic rings. The highest BCUT2D eigenvalue weighted by Crippen LogP contribution is 2.27. The maximum Gasteiger partial charge on any atom is 0.264 e. The van der Waals surface area contributed by atoms with Crippen molar-refractivity contribution in [1.29, 1.82) is 0 Å². The largest absolute Gasteiger partial charge is 0.497 e. The number of sulfonamides is 1. The zero-order valence-electron chi connectivity index (χ0n) is 25.2. The summed E-state index contributed by atoms with van der Waals surface area (Å²) in [5.41, 5.74) is 1.75. The molecule has 0 heterocycles. The van der Waals surface area contributed by atoms with Gasteiger partial charge in [0.15, 0.2) is 0 Å². The molecule has 0 aliphatic heterocycles. The average molecular weight is 669 g/mol. The van der Waals surface area contributed by atoms with Crippen LogP contribution in [0.2, 0.25) is 10.0 Å². The first-order chi connectivity index (χ1) is 21.5. The van der Waals surface area contributed by atoms with Crippen molar-refractivity contribution in [2.24, 2.45) is 0 Å². The van der Waals surface area contributed by atoms with E-state index in [9.17, 15) is 18.0 Å². The average Bonchev–Trinajstić information content (AvgIpc) is 3.03. The van der Waals surface area contributed by atoms with Gasteiger partial charge >= 0.3 is 0 Å². The number of ether oxygens (including phenoxy) is 1. The first-order valence-electron chi connectivity index (χ1n) is 14.3. The molecule has 236 valence electrons. The summed E-state index contributed by atoms with van der Waals surface area (Å²) < 4.78 is 34.4. The highest BCUT2D eigenvalue weighted by Gasteiger charge is 2.35. The Bertz CT molecular complexity index is 1700. The molecule has 0 bridgehead atoms. The number of anilines is 1. The maximum absolute atomic E-state index is 14.4. The quantitative estimate of drug-likeness (QED) is 0.179. The minimum absolute atomic E-state index is 0.0191. The van der Waals surface area contributed by atoms with Gasteiger partial charge in [0.25, 0.3) is 10.0 Å². The van der Waals surface area contributed by atoms with E-state index in [-0.39, 0.29) is 29.8 Å². The Hall–Kier alpha value is -4.05. The molecule has 11 heteroatoms. The minimum atomic E-state index is -4.23. The van der Waals surface area contributed by atoms with Gasteiger partial charge in [-0.15, -0.1) is 0 Å². The standard InChI is InChI=1S/C34H35Cl2N3O5S/c1-24(2)37-34(41)32(21-25-10-6-4-7-11-25)38(22-26-14-19-30(35)31(36)20-26)33(40)23-39(27-12-8-5-9-13-27)45(42,43)29-17-15-28(44-3)16-18-29/h4-20,24,32H,21-23H2,1-3H3,(H,37,41)/t32-/m1/s1. The van der Waals surface area contributed by atoms with Crippen molar-refractivity contribution < 1.29 is 22.7 Å². The van der Waals surface area contributed by atoms with E-state index in [2.05, 4.69) is 5.32 Å². The molecule has 0 radical (unpaired) electrons. The second-order valence-electron chi connectivity index (χ2n) is 10.7. The van der Waals surface area contributed by atoms with E-state index < -0.39 is 28.5 Å². The lowest BCUT2D eigenvalue weighted by Gasteiger charge is -2.34. The van der Waals surface area contributed by atoms with Gasteiger partial charge in [0, 0.05) is 19.0 Å². The van der Waals surface area contributed by atoms with Gasteiger partial charge in [-0.25, -0.2) is 8.42 Å².